The highest BCUT2D eigenvalue weighted by atomic mass is 19.2. The second kappa shape index (κ2) is 4.97. The molecule has 1 heterocycles. The summed E-state index contributed by atoms with van der Waals surface area (Å²) in [4.78, 5) is 10.6. The van der Waals surface area contributed by atoms with Crippen molar-refractivity contribution >= 4 is 5.97 Å². The Morgan fingerprint density at radius 1 is 1.22 bits per heavy atom. The average molecular weight is 259 g/mol. The molecule has 1 aliphatic heterocycles. The molecule has 0 unspecified atom stereocenters. The van der Waals surface area contributed by atoms with Crippen LogP contribution in [0.15, 0.2) is 6.07 Å². The molecule has 18 heavy (non-hydrogen) atoms. The third-order valence-corrected chi connectivity index (χ3v) is 3.18. The lowest BCUT2D eigenvalue weighted by Crippen LogP contribution is -2.27. The summed E-state index contributed by atoms with van der Waals surface area (Å²) < 4.78 is 40.8. The fourth-order valence-corrected chi connectivity index (χ4v) is 2.24. The zero-order chi connectivity index (χ0) is 13.3. The molecule has 1 saturated heterocycles. The minimum atomic E-state index is -1.80. The van der Waals surface area contributed by atoms with Crippen molar-refractivity contribution in [1.29, 1.82) is 0 Å². The van der Waals surface area contributed by atoms with Crippen LogP contribution in [0.5, 0.6) is 0 Å². The summed E-state index contributed by atoms with van der Waals surface area (Å²) in [5.41, 5.74) is -1.30. The molecule has 0 bridgehead atoms. The number of piperidine rings is 1. The van der Waals surface area contributed by atoms with Crippen molar-refractivity contribution in [2.45, 2.75) is 18.8 Å². The maximum Gasteiger partial charge on any atom is 0.341 e. The number of carbonyl (C=O) groups is 1. The molecule has 0 aliphatic carbocycles. The van der Waals surface area contributed by atoms with Crippen LogP contribution in [-0.4, -0.2) is 24.2 Å². The Morgan fingerprint density at radius 3 is 2.39 bits per heavy atom. The van der Waals surface area contributed by atoms with Crippen LogP contribution in [0.25, 0.3) is 0 Å². The number of aromatic carboxylic acids is 1. The Labute approximate surface area is 102 Å². The molecule has 1 aromatic carbocycles. The van der Waals surface area contributed by atoms with Gasteiger partial charge in [0.05, 0.1) is 0 Å². The summed E-state index contributed by atoms with van der Waals surface area (Å²) >= 11 is 0. The second-order valence-corrected chi connectivity index (χ2v) is 4.28. The zero-order valence-corrected chi connectivity index (χ0v) is 9.47. The molecule has 1 aliphatic rings. The molecule has 0 radical (unpaired) electrons. The van der Waals surface area contributed by atoms with Gasteiger partial charge in [0.1, 0.15) is 11.4 Å². The maximum absolute atomic E-state index is 13.8. The Morgan fingerprint density at radius 2 is 1.83 bits per heavy atom. The fourth-order valence-electron chi connectivity index (χ4n) is 2.24. The number of halogens is 3. The van der Waals surface area contributed by atoms with Gasteiger partial charge in [-0.1, -0.05) is 0 Å². The molecule has 1 aromatic rings. The Balaban J connectivity index is 2.46. The van der Waals surface area contributed by atoms with Crippen LogP contribution in [0.3, 0.4) is 0 Å². The lowest BCUT2D eigenvalue weighted by atomic mass is 9.89. The number of carboxylic acids is 1. The topological polar surface area (TPSA) is 49.3 Å². The summed E-state index contributed by atoms with van der Waals surface area (Å²) in [7, 11) is 0. The van der Waals surface area contributed by atoms with Crippen molar-refractivity contribution in [1.82, 2.24) is 5.32 Å². The molecule has 2 N–H and O–H groups in total. The third kappa shape index (κ3) is 2.20. The first-order chi connectivity index (χ1) is 8.52. The van der Waals surface area contributed by atoms with E-state index in [-0.39, 0.29) is 11.5 Å². The van der Waals surface area contributed by atoms with Gasteiger partial charge in [0.25, 0.3) is 0 Å². The molecule has 0 amide bonds. The van der Waals surface area contributed by atoms with Crippen LogP contribution in [-0.2, 0) is 0 Å². The van der Waals surface area contributed by atoms with Crippen molar-refractivity contribution in [3.8, 4) is 0 Å². The quantitative estimate of drug-likeness (QED) is 0.801. The minimum absolute atomic E-state index is 0.0727. The number of nitrogens with one attached hydrogen (secondary N) is 1. The first kappa shape index (κ1) is 12.9. The van der Waals surface area contributed by atoms with Gasteiger partial charge in [0.2, 0.25) is 0 Å². The molecule has 0 spiro atoms. The van der Waals surface area contributed by atoms with Crippen LogP contribution in [0, 0.1) is 17.5 Å². The average Bonchev–Trinajstić information content (AvgIpc) is 2.34. The van der Waals surface area contributed by atoms with Crippen LogP contribution >= 0.6 is 0 Å². The molecule has 0 aromatic heterocycles. The van der Waals surface area contributed by atoms with Gasteiger partial charge in [-0.05, 0) is 43.5 Å². The number of hydrogen-bond donors (Lipinski definition) is 2. The standard InChI is InChI=1S/C12H12F3NO2/c13-8-5-7(6-1-3-16-4-2-6)10(14)11(15)9(8)12(17)18/h5-6,16H,1-4H2,(H,17,18). The van der Waals surface area contributed by atoms with Gasteiger partial charge < -0.3 is 10.4 Å². The lowest BCUT2D eigenvalue weighted by molar-refractivity contribution is 0.0685. The number of carboxylic acid groups (broad SMARTS) is 1. The van der Waals surface area contributed by atoms with Gasteiger partial charge in [-0.3, -0.25) is 0 Å². The summed E-state index contributed by atoms with van der Waals surface area (Å²) in [5.74, 6) is -6.18. The fraction of sp³-hybridized carbons (Fsp3) is 0.417. The van der Waals surface area contributed by atoms with Gasteiger partial charge in [0, 0.05) is 0 Å². The monoisotopic (exact) mass is 259 g/mol. The normalized spacial score (nSPS) is 16.8. The van der Waals surface area contributed by atoms with Crippen LogP contribution < -0.4 is 5.32 Å². The summed E-state index contributed by atoms with van der Waals surface area (Å²) in [6, 6.07) is 0.803. The second-order valence-electron chi connectivity index (χ2n) is 4.28. The summed E-state index contributed by atoms with van der Waals surface area (Å²) in [6.45, 7) is 1.29. The maximum atomic E-state index is 13.8. The van der Waals surface area contributed by atoms with E-state index >= 15 is 0 Å². The van der Waals surface area contributed by atoms with Gasteiger partial charge in [-0.25, -0.2) is 18.0 Å². The van der Waals surface area contributed by atoms with E-state index in [1.807, 2.05) is 0 Å². The van der Waals surface area contributed by atoms with Crippen molar-refractivity contribution in [2.75, 3.05) is 13.1 Å². The molecular formula is C12H12F3NO2. The van der Waals surface area contributed by atoms with Gasteiger partial charge in [0.15, 0.2) is 11.6 Å². The smallest absolute Gasteiger partial charge is 0.341 e. The van der Waals surface area contributed by atoms with Crippen LogP contribution in [0.2, 0.25) is 0 Å². The summed E-state index contributed by atoms with van der Waals surface area (Å²) in [6.07, 6.45) is 1.14. The van der Waals surface area contributed by atoms with E-state index in [1.54, 1.807) is 0 Å². The summed E-state index contributed by atoms with van der Waals surface area (Å²) in [5, 5.41) is 11.7. The van der Waals surface area contributed by atoms with E-state index in [0.717, 1.165) is 6.07 Å². The molecule has 2 rings (SSSR count). The highest BCUT2D eigenvalue weighted by molar-refractivity contribution is 5.88. The number of benzene rings is 1. The van der Waals surface area contributed by atoms with Crippen LogP contribution in [0.1, 0.15) is 34.7 Å². The number of rotatable bonds is 2. The van der Waals surface area contributed by atoms with Gasteiger partial charge in [-0.2, -0.15) is 0 Å². The van der Waals surface area contributed by atoms with Gasteiger partial charge >= 0.3 is 5.97 Å². The Bertz CT molecular complexity index is 485. The van der Waals surface area contributed by atoms with E-state index in [4.69, 9.17) is 5.11 Å². The van der Waals surface area contributed by atoms with Crippen molar-refractivity contribution in [3.05, 3.63) is 34.6 Å². The van der Waals surface area contributed by atoms with E-state index in [1.165, 1.54) is 0 Å². The molecule has 6 heteroatoms. The number of hydrogen-bond acceptors (Lipinski definition) is 2. The minimum Gasteiger partial charge on any atom is -0.477 e. The van der Waals surface area contributed by atoms with Crippen molar-refractivity contribution in [2.24, 2.45) is 0 Å². The molecule has 0 saturated carbocycles. The van der Waals surface area contributed by atoms with Crippen molar-refractivity contribution in [3.63, 3.8) is 0 Å². The predicted octanol–water partition coefficient (Wildman–Crippen LogP) is 2.27. The zero-order valence-electron chi connectivity index (χ0n) is 9.47. The van der Waals surface area contributed by atoms with Gasteiger partial charge in [-0.15, -0.1) is 0 Å². The third-order valence-electron chi connectivity index (χ3n) is 3.18. The van der Waals surface area contributed by atoms with Crippen LogP contribution in [0.4, 0.5) is 13.2 Å². The highest BCUT2D eigenvalue weighted by Gasteiger charge is 2.27. The Hall–Kier alpha value is -1.56. The highest BCUT2D eigenvalue weighted by Crippen LogP contribution is 2.31. The molecule has 3 nitrogen and oxygen atoms in total. The van der Waals surface area contributed by atoms with E-state index in [0.29, 0.717) is 25.9 Å². The van der Waals surface area contributed by atoms with Crippen molar-refractivity contribution < 1.29 is 23.1 Å². The molecule has 1 fully saturated rings. The lowest BCUT2D eigenvalue weighted by Gasteiger charge is -2.23. The van der Waals surface area contributed by atoms with E-state index in [2.05, 4.69) is 5.32 Å². The molecule has 98 valence electrons. The molecular weight excluding hydrogens is 247 g/mol. The van der Waals surface area contributed by atoms with E-state index in [9.17, 15) is 18.0 Å². The van der Waals surface area contributed by atoms with E-state index < -0.39 is 29.0 Å². The Kier molecular flexibility index (Phi) is 3.56. The first-order valence-corrected chi connectivity index (χ1v) is 5.63. The largest absolute Gasteiger partial charge is 0.477 e. The first-order valence-electron chi connectivity index (χ1n) is 5.63. The SMILES string of the molecule is O=C(O)c1c(F)cc(C2CCNCC2)c(F)c1F. The molecule has 0 atom stereocenters. The predicted molar refractivity (Wildman–Crippen MR) is 58.1 cm³/mol.